The summed E-state index contributed by atoms with van der Waals surface area (Å²) in [5.74, 6) is 0.405. The average Bonchev–Trinajstić information content (AvgIpc) is 2.09. The van der Waals surface area contributed by atoms with Crippen LogP contribution in [0.15, 0.2) is 36.5 Å². The molecular weight excluding hydrogens is 193 g/mol. The van der Waals surface area contributed by atoms with E-state index in [1.165, 1.54) is 0 Å². The van der Waals surface area contributed by atoms with E-state index in [4.69, 9.17) is 23.2 Å². The largest absolute Gasteiger partial charge is 0.358 e. The lowest BCUT2D eigenvalue weighted by atomic mass is 10.3. The molecule has 0 aromatic heterocycles. The van der Waals surface area contributed by atoms with E-state index in [1.807, 2.05) is 24.3 Å². The van der Waals surface area contributed by atoms with Crippen LogP contribution in [0, 0.1) is 0 Å². The molecule has 0 atom stereocenters. The highest BCUT2D eigenvalue weighted by molar-refractivity contribution is 6.30. The van der Waals surface area contributed by atoms with Crippen LogP contribution >= 0.6 is 23.2 Å². The molecule has 1 aromatic rings. The minimum absolute atomic E-state index is 0.405. The van der Waals surface area contributed by atoms with Crippen LogP contribution in [0.5, 0.6) is 0 Å². The molecule has 1 nitrogen and oxygen atoms in total. The molecule has 0 aliphatic heterocycles. The van der Waals surface area contributed by atoms with E-state index in [0.29, 0.717) is 5.88 Å². The van der Waals surface area contributed by atoms with Crippen molar-refractivity contribution in [2.24, 2.45) is 0 Å². The lowest BCUT2D eigenvalue weighted by Gasteiger charge is -2.05. The first-order chi connectivity index (χ1) is 5.72. The Balaban J connectivity index is 2.64. The van der Waals surface area contributed by atoms with Gasteiger partial charge in [0.1, 0.15) is 0 Å². The zero-order valence-corrected chi connectivity index (χ0v) is 7.99. The number of rotatable bonds is 3. The van der Waals surface area contributed by atoms with Crippen LogP contribution < -0.4 is 5.32 Å². The van der Waals surface area contributed by atoms with Crippen molar-refractivity contribution in [3.8, 4) is 0 Å². The molecule has 0 aliphatic carbocycles. The molecule has 0 aliphatic rings. The number of halogens is 2. The van der Waals surface area contributed by atoms with Crippen molar-refractivity contribution in [2.45, 2.75) is 0 Å². The standard InChI is InChI=1S/C9H9Cl2N/c1-7(6-10)12-9-4-2-8(11)3-5-9/h2-5,12H,1,6H2. The minimum Gasteiger partial charge on any atom is -0.358 e. The summed E-state index contributed by atoms with van der Waals surface area (Å²) in [5, 5.41) is 3.75. The summed E-state index contributed by atoms with van der Waals surface area (Å²) in [6, 6.07) is 7.37. The SMILES string of the molecule is C=C(CCl)Nc1ccc(Cl)cc1. The van der Waals surface area contributed by atoms with Crippen LogP contribution in [-0.2, 0) is 0 Å². The van der Waals surface area contributed by atoms with Gasteiger partial charge in [-0.3, -0.25) is 0 Å². The van der Waals surface area contributed by atoms with Gasteiger partial charge in [0.2, 0.25) is 0 Å². The van der Waals surface area contributed by atoms with E-state index in [2.05, 4.69) is 11.9 Å². The van der Waals surface area contributed by atoms with Crippen molar-refractivity contribution in [3.63, 3.8) is 0 Å². The molecule has 0 bridgehead atoms. The molecule has 0 fully saturated rings. The molecule has 1 rings (SSSR count). The number of anilines is 1. The van der Waals surface area contributed by atoms with Gasteiger partial charge in [-0.25, -0.2) is 0 Å². The summed E-state index contributed by atoms with van der Waals surface area (Å²) in [6.07, 6.45) is 0. The topological polar surface area (TPSA) is 12.0 Å². The lowest BCUT2D eigenvalue weighted by Crippen LogP contribution is -1.98. The Morgan fingerprint density at radius 3 is 2.42 bits per heavy atom. The van der Waals surface area contributed by atoms with Gasteiger partial charge >= 0.3 is 0 Å². The number of hydrogen-bond donors (Lipinski definition) is 1. The molecular formula is C9H9Cl2N. The maximum Gasteiger partial charge on any atom is 0.0619 e. The van der Waals surface area contributed by atoms with Gasteiger partial charge in [0, 0.05) is 16.4 Å². The molecule has 0 heterocycles. The summed E-state index contributed by atoms with van der Waals surface area (Å²) in [4.78, 5) is 0. The van der Waals surface area contributed by atoms with Crippen LogP contribution in [0.25, 0.3) is 0 Å². The molecule has 3 heteroatoms. The highest BCUT2D eigenvalue weighted by Crippen LogP contribution is 2.14. The summed E-state index contributed by atoms with van der Waals surface area (Å²) < 4.78 is 0. The van der Waals surface area contributed by atoms with Crippen molar-refractivity contribution in [2.75, 3.05) is 11.2 Å². The lowest BCUT2D eigenvalue weighted by molar-refractivity contribution is 1.40. The first kappa shape index (κ1) is 9.43. The molecule has 0 radical (unpaired) electrons. The maximum atomic E-state index is 5.71. The van der Waals surface area contributed by atoms with Gasteiger partial charge in [-0.1, -0.05) is 18.2 Å². The van der Waals surface area contributed by atoms with Gasteiger partial charge in [-0.15, -0.1) is 11.6 Å². The Morgan fingerprint density at radius 2 is 1.92 bits per heavy atom. The number of alkyl halides is 1. The monoisotopic (exact) mass is 201 g/mol. The third-order valence-electron chi connectivity index (χ3n) is 1.33. The van der Waals surface area contributed by atoms with E-state index in [-0.39, 0.29) is 0 Å². The molecule has 0 saturated heterocycles. The van der Waals surface area contributed by atoms with E-state index in [9.17, 15) is 0 Å². The first-order valence-corrected chi connectivity index (χ1v) is 4.40. The van der Waals surface area contributed by atoms with Crippen molar-refractivity contribution < 1.29 is 0 Å². The van der Waals surface area contributed by atoms with E-state index in [0.717, 1.165) is 16.4 Å². The fraction of sp³-hybridized carbons (Fsp3) is 0.111. The summed E-state index contributed by atoms with van der Waals surface area (Å²) in [6.45, 7) is 3.71. The zero-order valence-electron chi connectivity index (χ0n) is 6.48. The molecule has 0 unspecified atom stereocenters. The van der Waals surface area contributed by atoms with Crippen LogP contribution in [0.1, 0.15) is 0 Å². The number of hydrogen-bond acceptors (Lipinski definition) is 1. The number of nitrogens with one attached hydrogen (secondary N) is 1. The van der Waals surface area contributed by atoms with Gasteiger partial charge in [0.25, 0.3) is 0 Å². The highest BCUT2D eigenvalue weighted by Gasteiger charge is 1.93. The Bertz CT molecular complexity index is 266. The minimum atomic E-state index is 0.405. The molecule has 0 spiro atoms. The second-order valence-corrected chi connectivity index (χ2v) is 3.07. The summed E-state index contributed by atoms with van der Waals surface area (Å²) >= 11 is 11.3. The van der Waals surface area contributed by atoms with Crippen LogP contribution in [0.4, 0.5) is 5.69 Å². The Kier molecular flexibility index (Phi) is 3.45. The average molecular weight is 202 g/mol. The van der Waals surface area contributed by atoms with Crippen LogP contribution in [0.2, 0.25) is 5.02 Å². The third kappa shape index (κ3) is 2.76. The van der Waals surface area contributed by atoms with Gasteiger partial charge in [-0.05, 0) is 24.3 Å². The maximum absolute atomic E-state index is 5.71. The van der Waals surface area contributed by atoms with Crippen LogP contribution in [0.3, 0.4) is 0 Å². The summed E-state index contributed by atoms with van der Waals surface area (Å²) in [7, 11) is 0. The molecule has 1 aromatic carbocycles. The Hall–Kier alpha value is -0.660. The second-order valence-electron chi connectivity index (χ2n) is 2.37. The predicted octanol–water partition coefficient (Wildman–Crippen LogP) is 3.50. The Labute approximate surface area is 82.0 Å². The van der Waals surface area contributed by atoms with Crippen molar-refractivity contribution in [1.29, 1.82) is 0 Å². The molecule has 64 valence electrons. The highest BCUT2D eigenvalue weighted by atomic mass is 35.5. The van der Waals surface area contributed by atoms with E-state index in [1.54, 1.807) is 0 Å². The van der Waals surface area contributed by atoms with Crippen LogP contribution in [-0.4, -0.2) is 5.88 Å². The predicted molar refractivity (Wildman–Crippen MR) is 54.9 cm³/mol. The van der Waals surface area contributed by atoms with E-state index >= 15 is 0 Å². The number of allylic oxidation sites excluding steroid dienone is 1. The summed E-state index contributed by atoms with van der Waals surface area (Å²) in [5.41, 5.74) is 1.73. The third-order valence-corrected chi connectivity index (χ3v) is 1.90. The van der Waals surface area contributed by atoms with Crippen molar-refractivity contribution in [3.05, 3.63) is 41.6 Å². The smallest absolute Gasteiger partial charge is 0.0619 e. The van der Waals surface area contributed by atoms with Gasteiger partial charge in [0.05, 0.1) is 5.88 Å². The van der Waals surface area contributed by atoms with Crippen molar-refractivity contribution in [1.82, 2.24) is 0 Å². The van der Waals surface area contributed by atoms with Gasteiger partial charge in [-0.2, -0.15) is 0 Å². The number of benzene rings is 1. The quantitative estimate of drug-likeness (QED) is 0.739. The first-order valence-electron chi connectivity index (χ1n) is 3.48. The molecule has 1 N–H and O–H groups in total. The zero-order chi connectivity index (χ0) is 8.97. The van der Waals surface area contributed by atoms with Gasteiger partial charge < -0.3 is 5.32 Å². The Morgan fingerprint density at radius 1 is 1.33 bits per heavy atom. The van der Waals surface area contributed by atoms with E-state index < -0.39 is 0 Å². The molecule has 12 heavy (non-hydrogen) atoms. The fourth-order valence-corrected chi connectivity index (χ4v) is 0.964. The fourth-order valence-electron chi connectivity index (χ4n) is 0.771. The normalized spacial score (nSPS) is 9.50. The van der Waals surface area contributed by atoms with Crippen molar-refractivity contribution >= 4 is 28.9 Å². The second kappa shape index (κ2) is 4.39. The van der Waals surface area contributed by atoms with Gasteiger partial charge in [0.15, 0.2) is 0 Å². The molecule has 0 amide bonds. The molecule has 0 saturated carbocycles.